The van der Waals surface area contributed by atoms with Crippen LogP contribution in [0.1, 0.15) is 48.1 Å². The number of rotatable bonds is 2. The molecule has 0 atom stereocenters. The van der Waals surface area contributed by atoms with Crippen LogP contribution in [0.2, 0.25) is 0 Å². The second-order valence-electron chi connectivity index (χ2n) is 8.14. The zero-order chi connectivity index (χ0) is 20.1. The molecule has 3 heterocycles. The minimum atomic E-state index is -0.480. The lowest BCUT2D eigenvalue weighted by atomic mass is 9.94. The van der Waals surface area contributed by atoms with Gasteiger partial charge in [0.2, 0.25) is 5.91 Å². The summed E-state index contributed by atoms with van der Waals surface area (Å²) in [5.41, 5.74) is 3.21. The van der Waals surface area contributed by atoms with E-state index in [1.54, 1.807) is 11.0 Å². The molecule has 1 amide bonds. The maximum atomic E-state index is 12.7. The number of hydrogen-bond donors (Lipinski definition) is 0. The molecule has 29 heavy (non-hydrogen) atoms. The topological polar surface area (TPSA) is 80.7 Å². The summed E-state index contributed by atoms with van der Waals surface area (Å²) in [7, 11) is 0. The number of ketones is 1. The van der Waals surface area contributed by atoms with E-state index >= 15 is 0 Å². The van der Waals surface area contributed by atoms with E-state index in [1.165, 1.54) is 5.56 Å². The van der Waals surface area contributed by atoms with E-state index in [4.69, 9.17) is 8.83 Å². The summed E-state index contributed by atoms with van der Waals surface area (Å²) < 4.78 is 11.6. The third-order valence-corrected chi connectivity index (χ3v) is 6.36. The minimum Gasteiger partial charge on any atom is -0.461 e. The number of nitrogens with zero attached hydrogens (tertiary/aromatic N) is 1. The van der Waals surface area contributed by atoms with E-state index in [2.05, 4.69) is 0 Å². The number of Topliss-reactive ketones (excluding diaryl/α,β-unsaturated/α-hetero) is 1. The van der Waals surface area contributed by atoms with Gasteiger partial charge in [-0.2, -0.15) is 0 Å². The van der Waals surface area contributed by atoms with Crippen molar-refractivity contribution in [1.29, 1.82) is 0 Å². The summed E-state index contributed by atoms with van der Waals surface area (Å²) in [5.74, 6) is 1.09. The molecule has 5 rings (SSSR count). The van der Waals surface area contributed by atoms with Gasteiger partial charge in [0.1, 0.15) is 22.7 Å². The van der Waals surface area contributed by atoms with Crippen LogP contribution >= 0.6 is 0 Å². The Morgan fingerprint density at radius 2 is 1.69 bits per heavy atom. The van der Waals surface area contributed by atoms with Crippen LogP contribution in [0.5, 0.6) is 0 Å². The number of carbonyl (C=O) groups excluding carboxylic acids is 2. The number of hydrogen-bond acceptors (Lipinski definition) is 5. The normalized spacial score (nSPS) is 17.1. The molecule has 1 saturated heterocycles. The predicted octanol–water partition coefficient (Wildman–Crippen LogP) is 3.46. The minimum absolute atomic E-state index is 0.000170. The molecule has 0 saturated carbocycles. The zero-order valence-corrected chi connectivity index (χ0v) is 16.5. The molecule has 0 spiro atoms. The van der Waals surface area contributed by atoms with Crippen LogP contribution in [-0.4, -0.2) is 29.7 Å². The van der Waals surface area contributed by atoms with Crippen LogP contribution in [0, 0.1) is 6.92 Å². The van der Waals surface area contributed by atoms with E-state index in [-0.39, 0.29) is 18.1 Å². The van der Waals surface area contributed by atoms with Gasteiger partial charge in [0.15, 0.2) is 0 Å². The van der Waals surface area contributed by atoms with Gasteiger partial charge in [-0.3, -0.25) is 9.59 Å². The van der Waals surface area contributed by atoms with Crippen molar-refractivity contribution in [3.63, 3.8) is 0 Å². The van der Waals surface area contributed by atoms with Crippen LogP contribution in [0.3, 0.4) is 0 Å². The Hall–Kier alpha value is -2.89. The summed E-state index contributed by atoms with van der Waals surface area (Å²) in [5, 5.41) is 1.93. The number of carbonyl (C=O) groups is 2. The number of piperidine rings is 1. The molecule has 1 aliphatic heterocycles. The molecule has 6 nitrogen and oxygen atoms in total. The first-order valence-corrected chi connectivity index (χ1v) is 10.3. The highest BCUT2D eigenvalue weighted by Crippen LogP contribution is 2.35. The van der Waals surface area contributed by atoms with Gasteiger partial charge in [-0.05, 0) is 37.8 Å². The highest BCUT2D eigenvalue weighted by Gasteiger charge is 2.24. The molecule has 150 valence electrons. The molecule has 0 unspecified atom stereocenters. The van der Waals surface area contributed by atoms with Gasteiger partial charge >= 0.3 is 5.63 Å². The number of likely N-dealkylation sites (tertiary alicyclic amines) is 1. The fraction of sp³-hybridized carbons (Fsp3) is 0.435. The third-order valence-electron chi connectivity index (χ3n) is 6.36. The molecule has 0 radical (unpaired) electrons. The highest BCUT2D eigenvalue weighted by molar-refractivity contribution is 5.97. The Kier molecular flexibility index (Phi) is 4.30. The number of amides is 1. The summed E-state index contributed by atoms with van der Waals surface area (Å²) in [4.78, 5) is 38.4. The molecule has 2 aliphatic rings. The van der Waals surface area contributed by atoms with Crippen molar-refractivity contribution in [2.75, 3.05) is 13.1 Å². The van der Waals surface area contributed by atoms with Gasteiger partial charge in [-0.25, -0.2) is 4.79 Å². The van der Waals surface area contributed by atoms with E-state index in [0.29, 0.717) is 37.1 Å². The maximum Gasteiger partial charge on any atom is 0.340 e. The summed E-state index contributed by atoms with van der Waals surface area (Å²) in [6, 6.07) is 3.85. The Morgan fingerprint density at radius 3 is 2.48 bits per heavy atom. The Bertz CT molecular complexity index is 1210. The molecule has 0 N–H and O–H groups in total. The lowest BCUT2D eigenvalue weighted by Gasteiger charge is -2.26. The first kappa shape index (κ1) is 18.2. The van der Waals surface area contributed by atoms with Crippen molar-refractivity contribution >= 4 is 33.6 Å². The van der Waals surface area contributed by atoms with Crippen molar-refractivity contribution in [2.24, 2.45) is 0 Å². The first-order valence-electron chi connectivity index (χ1n) is 10.3. The molecular formula is C23H23NO5. The summed E-state index contributed by atoms with van der Waals surface area (Å²) >= 11 is 0. The largest absolute Gasteiger partial charge is 0.461 e. The molecule has 1 aromatic carbocycles. The van der Waals surface area contributed by atoms with Crippen LogP contribution in [0.15, 0.2) is 25.8 Å². The van der Waals surface area contributed by atoms with Crippen molar-refractivity contribution in [3.05, 3.63) is 45.0 Å². The summed E-state index contributed by atoms with van der Waals surface area (Å²) in [6.45, 7) is 2.73. The summed E-state index contributed by atoms with van der Waals surface area (Å²) in [6.07, 6.45) is 5.01. The van der Waals surface area contributed by atoms with Crippen LogP contribution in [0.25, 0.3) is 21.9 Å². The van der Waals surface area contributed by atoms with Crippen molar-refractivity contribution in [2.45, 2.75) is 51.9 Å². The molecule has 0 bridgehead atoms. The third kappa shape index (κ3) is 3.07. The molecule has 6 heteroatoms. The second kappa shape index (κ2) is 6.87. The van der Waals surface area contributed by atoms with Gasteiger partial charge in [0, 0.05) is 54.8 Å². The fourth-order valence-electron chi connectivity index (χ4n) is 4.62. The SMILES string of the molecule is Cc1c(CC(=O)N2CCC(=O)CC2)c(=O)oc2cc3oc4c(c3cc12)CCCC4. The molecule has 3 aromatic rings. The first-order chi connectivity index (χ1) is 14.0. The highest BCUT2D eigenvalue weighted by atomic mass is 16.4. The number of benzene rings is 1. The Labute approximate surface area is 167 Å². The van der Waals surface area contributed by atoms with E-state index in [9.17, 15) is 14.4 Å². The van der Waals surface area contributed by atoms with Gasteiger partial charge in [-0.1, -0.05) is 0 Å². The van der Waals surface area contributed by atoms with Crippen LogP contribution in [0.4, 0.5) is 0 Å². The quantitative estimate of drug-likeness (QED) is 0.623. The van der Waals surface area contributed by atoms with Crippen LogP contribution < -0.4 is 5.63 Å². The van der Waals surface area contributed by atoms with Crippen LogP contribution in [-0.2, 0) is 28.9 Å². The van der Waals surface area contributed by atoms with Gasteiger partial charge in [0.05, 0.1) is 12.0 Å². The second-order valence-corrected chi connectivity index (χ2v) is 8.14. The zero-order valence-electron chi connectivity index (χ0n) is 16.5. The Morgan fingerprint density at radius 1 is 0.966 bits per heavy atom. The fourth-order valence-corrected chi connectivity index (χ4v) is 4.62. The van der Waals surface area contributed by atoms with Gasteiger partial charge < -0.3 is 13.7 Å². The van der Waals surface area contributed by atoms with Crippen molar-refractivity contribution in [3.8, 4) is 0 Å². The molecule has 2 aromatic heterocycles. The Balaban J connectivity index is 1.55. The van der Waals surface area contributed by atoms with Crippen molar-refractivity contribution in [1.82, 2.24) is 4.90 Å². The van der Waals surface area contributed by atoms with E-state index in [0.717, 1.165) is 53.4 Å². The van der Waals surface area contributed by atoms with E-state index < -0.39 is 5.63 Å². The van der Waals surface area contributed by atoms with E-state index in [1.807, 2.05) is 13.0 Å². The lowest BCUT2D eigenvalue weighted by Crippen LogP contribution is -2.40. The molecule has 1 fully saturated rings. The molecule has 1 aliphatic carbocycles. The number of fused-ring (bicyclic) bond motifs is 4. The standard InChI is InChI=1S/C23H23NO5/c1-13-16-10-18-15-4-2-3-5-19(15)28-21(18)12-20(16)29-23(27)17(13)11-22(26)24-8-6-14(25)7-9-24/h10,12H,2-9,11H2,1H3. The average Bonchev–Trinajstić information content (AvgIpc) is 3.07. The number of furan rings is 1. The lowest BCUT2D eigenvalue weighted by molar-refractivity contribution is -0.133. The predicted molar refractivity (Wildman–Crippen MR) is 108 cm³/mol. The van der Waals surface area contributed by atoms with Gasteiger partial charge in [0.25, 0.3) is 0 Å². The average molecular weight is 393 g/mol. The monoisotopic (exact) mass is 393 g/mol. The number of aryl methyl sites for hydroxylation is 3. The van der Waals surface area contributed by atoms with Gasteiger partial charge in [-0.15, -0.1) is 0 Å². The smallest absolute Gasteiger partial charge is 0.340 e. The van der Waals surface area contributed by atoms with Crippen molar-refractivity contribution < 1.29 is 18.4 Å². The molecular weight excluding hydrogens is 370 g/mol. The maximum absolute atomic E-state index is 12.7.